The lowest BCUT2D eigenvalue weighted by Gasteiger charge is -2.27. The first-order valence-electron chi connectivity index (χ1n) is 9.76. The second-order valence-corrected chi connectivity index (χ2v) is 7.08. The van der Waals surface area contributed by atoms with Crippen LogP contribution in [0.3, 0.4) is 0 Å². The molecule has 2 N–H and O–H groups in total. The number of likely N-dealkylation sites (tertiary alicyclic amines) is 1. The van der Waals surface area contributed by atoms with Gasteiger partial charge < -0.3 is 20.4 Å². The Morgan fingerprint density at radius 3 is 2.65 bits per heavy atom. The van der Waals surface area contributed by atoms with E-state index in [1.807, 2.05) is 20.2 Å². The Balaban J connectivity index is 1.92. The van der Waals surface area contributed by atoms with Gasteiger partial charge in [-0.05, 0) is 64.6 Å². The molecule has 1 heterocycles. The number of guanidine groups is 1. The van der Waals surface area contributed by atoms with E-state index in [0.717, 1.165) is 31.2 Å². The van der Waals surface area contributed by atoms with Gasteiger partial charge in [-0.3, -0.25) is 4.99 Å². The topological polar surface area (TPSA) is 42.9 Å². The van der Waals surface area contributed by atoms with E-state index >= 15 is 0 Å². The van der Waals surface area contributed by atoms with E-state index in [1.54, 1.807) is 12.1 Å². The summed E-state index contributed by atoms with van der Waals surface area (Å²) in [5.41, 5.74) is 0.947. The summed E-state index contributed by atoms with van der Waals surface area (Å²) in [6, 6.07) is 6.83. The van der Waals surface area contributed by atoms with Gasteiger partial charge in [-0.2, -0.15) is 0 Å². The number of likely N-dealkylation sites (N-methyl/N-ethyl adjacent to an activating group) is 1. The SMILES string of the molecule is CCNC(=NCC(c1cccc(F)c1)N(C)C)NCCN1CCCCC1. The van der Waals surface area contributed by atoms with Gasteiger partial charge in [0.2, 0.25) is 0 Å². The van der Waals surface area contributed by atoms with Gasteiger partial charge >= 0.3 is 0 Å². The predicted molar refractivity (Wildman–Crippen MR) is 107 cm³/mol. The fourth-order valence-corrected chi connectivity index (χ4v) is 3.32. The van der Waals surface area contributed by atoms with E-state index in [0.29, 0.717) is 6.54 Å². The number of hydrogen-bond donors (Lipinski definition) is 2. The lowest BCUT2D eigenvalue weighted by atomic mass is 10.1. The van der Waals surface area contributed by atoms with Gasteiger partial charge in [0, 0.05) is 19.6 Å². The second-order valence-electron chi connectivity index (χ2n) is 7.08. The molecule has 1 atom stereocenters. The molecule has 0 bridgehead atoms. The van der Waals surface area contributed by atoms with Crippen molar-refractivity contribution in [3.8, 4) is 0 Å². The smallest absolute Gasteiger partial charge is 0.191 e. The largest absolute Gasteiger partial charge is 0.357 e. The van der Waals surface area contributed by atoms with Crippen LogP contribution in [0.2, 0.25) is 0 Å². The summed E-state index contributed by atoms with van der Waals surface area (Å²) >= 11 is 0. The van der Waals surface area contributed by atoms with Crippen LogP contribution in [0, 0.1) is 5.82 Å². The summed E-state index contributed by atoms with van der Waals surface area (Å²) in [5.74, 6) is 0.623. The maximum atomic E-state index is 13.6. The molecule has 1 aliphatic heterocycles. The van der Waals surface area contributed by atoms with Crippen LogP contribution in [-0.4, -0.2) is 69.1 Å². The molecule has 6 heteroatoms. The number of benzene rings is 1. The van der Waals surface area contributed by atoms with Crippen molar-refractivity contribution in [1.82, 2.24) is 20.4 Å². The monoisotopic (exact) mass is 363 g/mol. The standard InChI is InChI=1S/C20H34FN5/c1-4-22-20(23-11-14-26-12-6-5-7-13-26)24-16-19(25(2)3)17-9-8-10-18(21)15-17/h8-10,15,19H,4-7,11-14,16H2,1-3H3,(H2,22,23,24). The van der Waals surface area contributed by atoms with Crippen molar-refractivity contribution in [2.45, 2.75) is 32.2 Å². The first-order chi connectivity index (χ1) is 12.6. The van der Waals surface area contributed by atoms with Gasteiger partial charge in [0.05, 0.1) is 12.6 Å². The molecular formula is C20H34FN5. The average molecular weight is 364 g/mol. The minimum atomic E-state index is -0.204. The summed E-state index contributed by atoms with van der Waals surface area (Å²) in [7, 11) is 4.00. The number of aliphatic imine (C=N–C) groups is 1. The van der Waals surface area contributed by atoms with Gasteiger partial charge in [0.25, 0.3) is 0 Å². The molecule has 146 valence electrons. The molecule has 1 aromatic carbocycles. The molecule has 0 radical (unpaired) electrons. The van der Waals surface area contributed by atoms with Crippen molar-refractivity contribution in [1.29, 1.82) is 0 Å². The van der Waals surface area contributed by atoms with Crippen molar-refractivity contribution in [3.05, 3.63) is 35.6 Å². The van der Waals surface area contributed by atoms with Crippen LogP contribution < -0.4 is 10.6 Å². The quantitative estimate of drug-likeness (QED) is 0.550. The molecule has 2 rings (SSSR count). The van der Waals surface area contributed by atoms with Crippen molar-refractivity contribution in [2.24, 2.45) is 4.99 Å². The third-order valence-corrected chi connectivity index (χ3v) is 4.79. The summed E-state index contributed by atoms with van der Waals surface area (Å²) in [6.07, 6.45) is 3.98. The molecule has 26 heavy (non-hydrogen) atoms. The van der Waals surface area contributed by atoms with Gasteiger partial charge in [0.1, 0.15) is 5.82 Å². The van der Waals surface area contributed by atoms with Crippen molar-refractivity contribution < 1.29 is 4.39 Å². The van der Waals surface area contributed by atoms with Crippen LogP contribution in [0.25, 0.3) is 0 Å². The summed E-state index contributed by atoms with van der Waals surface area (Å²) in [5, 5.41) is 6.73. The fraction of sp³-hybridized carbons (Fsp3) is 0.650. The molecular weight excluding hydrogens is 329 g/mol. The van der Waals surface area contributed by atoms with Gasteiger partial charge in [0.15, 0.2) is 5.96 Å². The number of nitrogens with zero attached hydrogens (tertiary/aromatic N) is 3. The van der Waals surface area contributed by atoms with E-state index in [4.69, 9.17) is 4.99 Å². The molecule has 5 nitrogen and oxygen atoms in total. The normalized spacial score (nSPS) is 17.3. The summed E-state index contributed by atoms with van der Waals surface area (Å²) in [6.45, 7) is 7.81. The van der Waals surface area contributed by atoms with Gasteiger partial charge in [-0.15, -0.1) is 0 Å². The molecule has 0 saturated carbocycles. The Morgan fingerprint density at radius 1 is 1.23 bits per heavy atom. The van der Waals surface area contributed by atoms with Gasteiger partial charge in [-0.25, -0.2) is 4.39 Å². The van der Waals surface area contributed by atoms with Crippen LogP contribution in [-0.2, 0) is 0 Å². The Labute approximate surface area is 157 Å². The number of rotatable bonds is 8. The van der Waals surface area contributed by atoms with Crippen LogP contribution in [0.4, 0.5) is 4.39 Å². The van der Waals surface area contributed by atoms with Crippen LogP contribution >= 0.6 is 0 Å². The molecule has 0 spiro atoms. The van der Waals surface area contributed by atoms with Crippen LogP contribution in [0.15, 0.2) is 29.3 Å². The third-order valence-electron chi connectivity index (χ3n) is 4.79. The number of halogens is 1. The Kier molecular flexibility index (Phi) is 8.85. The van der Waals surface area contributed by atoms with E-state index < -0.39 is 0 Å². The highest BCUT2D eigenvalue weighted by Gasteiger charge is 2.15. The molecule has 0 aliphatic carbocycles. The first-order valence-corrected chi connectivity index (χ1v) is 9.76. The molecule has 1 unspecified atom stereocenters. The highest BCUT2D eigenvalue weighted by Crippen LogP contribution is 2.19. The van der Waals surface area contributed by atoms with Gasteiger partial charge in [-0.1, -0.05) is 18.6 Å². The summed E-state index contributed by atoms with van der Waals surface area (Å²) < 4.78 is 13.6. The van der Waals surface area contributed by atoms with E-state index in [-0.39, 0.29) is 11.9 Å². The maximum absolute atomic E-state index is 13.6. The lowest BCUT2D eigenvalue weighted by molar-refractivity contribution is 0.232. The van der Waals surface area contributed by atoms with E-state index in [9.17, 15) is 4.39 Å². The van der Waals surface area contributed by atoms with E-state index in [1.165, 1.54) is 38.4 Å². The average Bonchev–Trinajstić information content (AvgIpc) is 2.62. The highest BCUT2D eigenvalue weighted by molar-refractivity contribution is 5.79. The number of nitrogens with one attached hydrogen (secondary N) is 2. The zero-order chi connectivity index (χ0) is 18.8. The minimum absolute atomic E-state index is 0.0447. The Morgan fingerprint density at radius 2 is 2.00 bits per heavy atom. The number of hydrogen-bond acceptors (Lipinski definition) is 3. The van der Waals surface area contributed by atoms with Crippen molar-refractivity contribution in [2.75, 3.05) is 53.4 Å². The maximum Gasteiger partial charge on any atom is 0.191 e. The fourth-order valence-electron chi connectivity index (χ4n) is 3.32. The zero-order valence-electron chi connectivity index (χ0n) is 16.5. The number of piperidine rings is 1. The zero-order valence-corrected chi connectivity index (χ0v) is 16.5. The Bertz CT molecular complexity index is 555. The molecule has 0 amide bonds. The summed E-state index contributed by atoms with van der Waals surface area (Å²) in [4.78, 5) is 9.32. The molecule has 1 fully saturated rings. The third kappa shape index (κ3) is 6.92. The second kappa shape index (κ2) is 11.1. The van der Waals surface area contributed by atoms with E-state index in [2.05, 4.69) is 27.4 Å². The van der Waals surface area contributed by atoms with Crippen LogP contribution in [0.1, 0.15) is 37.8 Å². The van der Waals surface area contributed by atoms with Crippen LogP contribution in [0.5, 0.6) is 0 Å². The highest BCUT2D eigenvalue weighted by atomic mass is 19.1. The molecule has 1 aromatic rings. The predicted octanol–water partition coefficient (Wildman–Crippen LogP) is 2.47. The molecule has 1 aliphatic rings. The Hall–Kier alpha value is -1.66. The molecule has 0 aromatic heterocycles. The molecule has 1 saturated heterocycles. The first kappa shape index (κ1) is 20.6. The van der Waals surface area contributed by atoms with Crippen molar-refractivity contribution >= 4 is 5.96 Å². The van der Waals surface area contributed by atoms with Crippen molar-refractivity contribution in [3.63, 3.8) is 0 Å². The lowest BCUT2D eigenvalue weighted by Crippen LogP contribution is -2.43. The minimum Gasteiger partial charge on any atom is -0.357 e.